The molecule has 0 saturated carbocycles. The van der Waals surface area contributed by atoms with Crippen LogP contribution in [-0.2, 0) is 19.1 Å². The van der Waals surface area contributed by atoms with E-state index >= 15 is 0 Å². The van der Waals surface area contributed by atoms with E-state index in [1.54, 1.807) is 0 Å². The van der Waals surface area contributed by atoms with Crippen LogP contribution >= 0.6 is 0 Å². The SMILES string of the molecule is CCCCCCCCOC(=O)[C@@H](O)CCOC=O. The van der Waals surface area contributed by atoms with Gasteiger partial charge in [-0.1, -0.05) is 39.0 Å². The molecule has 1 atom stereocenters. The average Bonchev–Trinajstić information content (AvgIpc) is 2.37. The molecule has 0 aliphatic carbocycles. The number of carbonyl (C=O) groups excluding carboxylic acids is 2. The quantitative estimate of drug-likeness (QED) is 0.329. The zero-order valence-electron chi connectivity index (χ0n) is 11.1. The summed E-state index contributed by atoms with van der Waals surface area (Å²) in [4.78, 5) is 21.1. The maximum absolute atomic E-state index is 11.3. The second kappa shape index (κ2) is 12.4. The van der Waals surface area contributed by atoms with E-state index in [9.17, 15) is 14.7 Å². The lowest BCUT2D eigenvalue weighted by Gasteiger charge is -2.09. The third-order valence-electron chi connectivity index (χ3n) is 2.59. The summed E-state index contributed by atoms with van der Waals surface area (Å²) in [5, 5.41) is 9.35. The van der Waals surface area contributed by atoms with Crippen molar-refractivity contribution in [3.05, 3.63) is 0 Å². The number of unbranched alkanes of at least 4 members (excludes halogenated alkanes) is 5. The zero-order valence-corrected chi connectivity index (χ0v) is 11.1. The Morgan fingerprint density at radius 3 is 2.50 bits per heavy atom. The molecule has 0 heterocycles. The highest BCUT2D eigenvalue weighted by Gasteiger charge is 2.16. The molecule has 1 N–H and O–H groups in total. The van der Waals surface area contributed by atoms with Gasteiger partial charge in [0.05, 0.1) is 13.2 Å². The van der Waals surface area contributed by atoms with Crippen molar-refractivity contribution in [2.75, 3.05) is 13.2 Å². The van der Waals surface area contributed by atoms with Crippen LogP contribution in [0.1, 0.15) is 51.9 Å². The zero-order chi connectivity index (χ0) is 13.6. The minimum absolute atomic E-state index is 0.0246. The Morgan fingerprint density at radius 2 is 1.83 bits per heavy atom. The van der Waals surface area contributed by atoms with E-state index in [0.29, 0.717) is 6.61 Å². The number of aliphatic hydroxyl groups is 1. The first kappa shape index (κ1) is 16.9. The fraction of sp³-hybridized carbons (Fsp3) is 0.846. The molecular formula is C13H24O5. The molecular weight excluding hydrogens is 236 g/mol. The van der Waals surface area contributed by atoms with Crippen molar-refractivity contribution in [2.24, 2.45) is 0 Å². The third-order valence-corrected chi connectivity index (χ3v) is 2.59. The molecule has 0 spiro atoms. The third kappa shape index (κ3) is 10.1. The van der Waals surface area contributed by atoms with Crippen LogP contribution in [0.3, 0.4) is 0 Å². The Kier molecular flexibility index (Phi) is 11.6. The van der Waals surface area contributed by atoms with Crippen LogP contribution in [0, 0.1) is 0 Å². The highest BCUT2D eigenvalue weighted by atomic mass is 16.5. The number of rotatable bonds is 12. The van der Waals surface area contributed by atoms with E-state index in [4.69, 9.17) is 4.74 Å². The van der Waals surface area contributed by atoms with Gasteiger partial charge in [0.25, 0.3) is 6.47 Å². The van der Waals surface area contributed by atoms with Crippen LogP contribution in [-0.4, -0.2) is 36.9 Å². The first-order chi connectivity index (χ1) is 8.72. The number of aliphatic hydroxyl groups excluding tert-OH is 1. The van der Waals surface area contributed by atoms with Gasteiger partial charge in [0, 0.05) is 6.42 Å². The number of ether oxygens (including phenoxy) is 2. The molecule has 0 fully saturated rings. The van der Waals surface area contributed by atoms with Gasteiger partial charge in [0.1, 0.15) is 0 Å². The van der Waals surface area contributed by atoms with Gasteiger partial charge in [-0.15, -0.1) is 0 Å². The highest BCUT2D eigenvalue weighted by Crippen LogP contribution is 2.05. The van der Waals surface area contributed by atoms with Crippen molar-refractivity contribution in [3.63, 3.8) is 0 Å². The normalized spacial score (nSPS) is 11.9. The largest absolute Gasteiger partial charge is 0.468 e. The lowest BCUT2D eigenvalue weighted by atomic mass is 10.1. The van der Waals surface area contributed by atoms with E-state index in [1.165, 1.54) is 19.3 Å². The van der Waals surface area contributed by atoms with Gasteiger partial charge >= 0.3 is 5.97 Å². The summed E-state index contributed by atoms with van der Waals surface area (Å²) in [5.41, 5.74) is 0. The van der Waals surface area contributed by atoms with Gasteiger partial charge in [0.2, 0.25) is 0 Å². The molecule has 0 aliphatic heterocycles. The molecule has 0 bridgehead atoms. The molecule has 106 valence electrons. The second-order valence-electron chi connectivity index (χ2n) is 4.21. The van der Waals surface area contributed by atoms with E-state index in [-0.39, 0.29) is 19.5 Å². The minimum Gasteiger partial charge on any atom is -0.468 e. The van der Waals surface area contributed by atoms with Crippen molar-refractivity contribution >= 4 is 12.4 Å². The topological polar surface area (TPSA) is 72.8 Å². The molecule has 0 amide bonds. The molecule has 0 saturated heterocycles. The van der Waals surface area contributed by atoms with Crippen molar-refractivity contribution in [1.82, 2.24) is 0 Å². The Hall–Kier alpha value is -1.10. The van der Waals surface area contributed by atoms with Crippen molar-refractivity contribution < 1.29 is 24.2 Å². The van der Waals surface area contributed by atoms with Crippen LogP contribution in [0.2, 0.25) is 0 Å². The lowest BCUT2D eigenvalue weighted by molar-refractivity contribution is -0.155. The second-order valence-corrected chi connectivity index (χ2v) is 4.21. The van der Waals surface area contributed by atoms with Crippen molar-refractivity contribution in [2.45, 2.75) is 58.0 Å². The summed E-state index contributed by atoms with van der Waals surface area (Å²) in [6.07, 6.45) is 5.57. The monoisotopic (exact) mass is 260 g/mol. The van der Waals surface area contributed by atoms with E-state index < -0.39 is 12.1 Å². The summed E-state index contributed by atoms with van der Waals surface area (Å²) >= 11 is 0. The number of esters is 1. The molecule has 5 heteroatoms. The first-order valence-corrected chi connectivity index (χ1v) is 6.62. The Balaban J connectivity index is 3.37. The van der Waals surface area contributed by atoms with Gasteiger partial charge in [-0.05, 0) is 6.42 Å². The van der Waals surface area contributed by atoms with Gasteiger partial charge < -0.3 is 14.6 Å². The van der Waals surface area contributed by atoms with E-state index in [1.807, 2.05) is 0 Å². The summed E-state index contributed by atoms with van der Waals surface area (Å²) in [7, 11) is 0. The summed E-state index contributed by atoms with van der Waals surface area (Å²) in [5.74, 6) is -0.641. The van der Waals surface area contributed by atoms with Crippen LogP contribution in [0.15, 0.2) is 0 Å². The molecule has 18 heavy (non-hydrogen) atoms. The predicted octanol–water partition coefficient (Wildman–Crippen LogP) is 1.81. The molecule has 0 radical (unpaired) electrons. The molecule has 0 aromatic rings. The van der Waals surface area contributed by atoms with Gasteiger partial charge in [-0.25, -0.2) is 4.79 Å². The van der Waals surface area contributed by atoms with E-state index in [2.05, 4.69) is 11.7 Å². The predicted molar refractivity (Wildman–Crippen MR) is 67.0 cm³/mol. The van der Waals surface area contributed by atoms with Gasteiger partial charge in [0.15, 0.2) is 6.10 Å². The van der Waals surface area contributed by atoms with Crippen molar-refractivity contribution in [3.8, 4) is 0 Å². The maximum Gasteiger partial charge on any atom is 0.335 e. The van der Waals surface area contributed by atoms with Crippen LogP contribution in [0.25, 0.3) is 0 Å². The first-order valence-electron chi connectivity index (χ1n) is 6.62. The van der Waals surface area contributed by atoms with Crippen LogP contribution in [0.4, 0.5) is 0 Å². The van der Waals surface area contributed by atoms with Gasteiger partial charge in [-0.3, -0.25) is 4.79 Å². The van der Waals surface area contributed by atoms with Crippen LogP contribution in [0.5, 0.6) is 0 Å². The smallest absolute Gasteiger partial charge is 0.335 e. The molecule has 0 aromatic carbocycles. The highest BCUT2D eigenvalue weighted by molar-refractivity contribution is 5.74. The molecule has 0 aliphatic rings. The summed E-state index contributed by atoms with van der Waals surface area (Å²) in [6.45, 7) is 2.82. The summed E-state index contributed by atoms with van der Waals surface area (Å²) < 4.78 is 9.29. The minimum atomic E-state index is -1.20. The van der Waals surface area contributed by atoms with Crippen LogP contribution < -0.4 is 0 Å². The summed E-state index contributed by atoms with van der Waals surface area (Å²) in [6, 6.07) is 0. The average molecular weight is 260 g/mol. The number of hydrogen-bond acceptors (Lipinski definition) is 5. The Labute approximate surface area is 108 Å². The maximum atomic E-state index is 11.3. The van der Waals surface area contributed by atoms with E-state index in [0.717, 1.165) is 19.3 Å². The van der Waals surface area contributed by atoms with Crippen molar-refractivity contribution in [1.29, 1.82) is 0 Å². The molecule has 5 nitrogen and oxygen atoms in total. The Morgan fingerprint density at radius 1 is 1.17 bits per heavy atom. The molecule has 0 aromatic heterocycles. The van der Waals surface area contributed by atoms with Gasteiger partial charge in [-0.2, -0.15) is 0 Å². The number of hydrogen-bond donors (Lipinski definition) is 1. The number of carbonyl (C=O) groups is 2. The lowest BCUT2D eigenvalue weighted by Crippen LogP contribution is -2.25. The fourth-order valence-electron chi connectivity index (χ4n) is 1.50. The Bertz CT molecular complexity index is 217. The fourth-order valence-corrected chi connectivity index (χ4v) is 1.50. The molecule has 0 rings (SSSR count). The standard InChI is InChI=1S/C13H24O5/c1-2-3-4-5-6-7-9-18-13(16)12(15)8-10-17-11-14/h11-12,15H,2-10H2,1H3/t12-/m0/s1. The molecule has 0 unspecified atom stereocenters.